The smallest absolute Gasteiger partial charge is 0.248 e. The second-order valence-corrected chi connectivity index (χ2v) is 7.12. The lowest BCUT2D eigenvalue weighted by Crippen LogP contribution is -2.47. The Morgan fingerprint density at radius 1 is 1.15 bits per heavy atom. The number of rotatable bonds is 6. The van der Waals surface area contributed by atoms with Crippen molar-refractivity contribution in [3.05, 3.63) is 54.5 Å². The Bertz CT molecular complexity index is 757. The molecule has 5 nitrogen and oxygen atoms in total. The van der Waals surface area contributed by atoms with Crippen LogP contribution < -0.4 is 10.2 Å². The molecule has 5 heteroatoms. The minimum atomic E-state index is -0.159. The van der Waals surface area contributed by atoms with Gasteiger partial charge in [0.1, 0.15) is 5.76 Å². The maximum atomic E-state index is 12.1. The lowest BCUT2D eigenvalue weighted by atomic mass is 10.2. The third-order valence-electron chi connectivity index (χ3n) is 5.01. The molecule has 0 spiro atoms. The summed E-state index contributed by atoms with van der Waals surface area (Å²) in [5, 5.41) is 2.92. The molecule has 0 unspecified atom stereocenters. The average molecular weight is 351 g/mol. The van der Waals surface area contributed by atoms with Crippen LogP contribution in [0.4, 0.5) is 11.4 Å². The van der Waals surface area contributed by atoms with Crippen molar-refractivity contribution < 1.29 is 9.21 Å². The minimum absolute atomic E-state index is 0.159. The van der Waals surface area contributed by atoms with E-state index in [0.29, 0.717) is 5.76 Å². The van der Waals surface area contributed by atoms with E-state index < -0.39 is 0 Å². The summed E-state index contributed by atoms with van der Waals surface area (Å²) in [5.74, 6) is 1.46. The number of nitrogens with zero attached hydrogens (tertiary/aromatic N) is 2. The van der Waals surface area contributed by atoms with Crippen LogP contribution in [0, 0.1) is 5.92 Å². The molecule has 1 aliphatic carbocycles. The molecule has 26 heavy (non-hydrogen) atoms. The number of benzene rings is 1. The highest BCUT2D eigenvalue weighted by molar-refractivity contribution is 6.02. The number of amides is 1. The summed E-state index contributed by atoms with van der Waals surface area (Å²) >= 11 is 0. The zero-order valence-corrected chi connectivity index (χ0v) is 14.9. The van der Waals surface area contributed by atoms with Gasteiger partial charge in [-0.1, -0.05) is 6.07 Å². The van der Waals surface area contributed by atoms with Crippen LogP contribution in [0.25, 0.3) is 6.08 Å². The molecule has 1 saturated heterocycles. The first kappa shape index (κ1) is 16.9. The Morgan fingerprint density at radius 2 is 2.00 bits per heavy atom. The molecule has 1 saturated carbocycles. The summed E-state index contributed by atoms with van der Waals surface area (Å²) in [6, 6.07) is 11.7. The SMILES string of the molecule is O=C(C=Cc1ccco1)Nc1cccc(N2CCN(CC3CC3)CC2)c1. The third kappa shape index (κ3) is 4.55. The molecule has 1 aromatic carbocycles. The Labute approximate surface area is 154 Å². The molecule has 1 aliphatic heterocycles. The predicted molar refractivity (Wildman–Crippen MR) is 104 cm³/mol. The Morgan fingerprint density at radius 3 is 2.73 bits per heavy atom. The first-order chi connectivity index (χ1) is 12.8. The lowest BCUT2D eigenvalue weighted by molar-refractivity contribution is -0.111. The quantitative estimate of drug-likeness (QED) is 0.810. The van der Waals surface area contributed by atoms with Gasteiger partial charge in [-0.05, 0) is 55.2 Å². The Hall–Kier alpha value is -2.53. The second kappa shape index (κ2) is 7.79. The third-order valence-corrected chi connectivity index (χ3v) is 5.01. The molecular formula is C21H25N3O2. The van der Waals surface area contributed by atoms with E-state index in [2.05, 4.69) is 27.2 Å². The van der Waals surface area contributed by atoms with E-state index in [-0.39, 0.29) is 5.91 Å². The van der Waals surface area contributed by atoms with E-state index in [1.165, 1.54) is 31.1 Å². The van der Waals surface area contributed by atoms with Crippen LogP contribution in [0.15, 0.2) is 53.2 Å². The molecular weight excluding hydrogens is 326 g/mol. The van der Waals surface area contributed by atoms with Crippen LogP contribution in [0.5, 0.6) is 0 Å². The molecule has 1 N–H and O–H groups in total. The summed E-state index contributed by atoms with van der Waals surface area (Å²) in [6.07, 6.45) is 7.57. The van der Waals surface area contributed by atoms with Crippen molar-refractivity contribution in [3.63, 3.8) is 0 Å². The number of furan rings is 1. The molecule has 4 rings (SSSR count). The molecule has 0 radical (unpaired) electrons. The van der Waals surface area contributed by atoms with Gasteiger partial charge >= 0.3 is 0 Å². The number of hydrogen-bond donors (Lipinski definition) is 1. The highest BCUT2D eigenvalue weighted by Gasteiger charge is 2.26. The van der Waals surface area contributed by atoms with Gasteiger partial charge in [-0.3, -0.25) is 9.69 Å². The molecule has 0 atom stereocenters. The molecule has 2 fully saturated rings. The highest BCUT2D eigenvalue weighted by Crippen LogP contribution is 2.30. The van der Waals surface area contributed by atoms with Crippen molar-refractivity contribution >= 4 is 23.4 Å². The van der Waals surface area contributed by atoms with Gasteiger partial charge in [0.25, 0.3) is 0 Å². The zero-order chi connectivity index (χ0) is 17.8. The van der Waals surface area contributed by atoms with Gasteiger partial charge in [0, 0.05) is 50.2 Å². The van der Waals surface area contributed by atoms with Crippen LogP contribution >= 0.6 is 0 Å². The van der Waals surface area contributed by atoms with Crippen molar-refractivity contribution in [2.45, 2.75) is 12.8 Å². The van der Waals surface area contributed by atoms with Crippen molar-refractivity contribution in [1.82, 2.24) is 4.90 Å². The first-order valence-corrected chi connectivity index (χ1v) is 9.36. The lowest BCUT2D eigenvalue weighted by Gasteiger charge is -2.36. The number of hydrogen-bond acceptors (Lipinski definition) is 4. The van der Waals surface area contributed by atoms with E-state index in [0.717, 1.165) is 37.8 Å². The molecule has 2 aromatic rings. The van der Waals surface area contributed by atoms with Gasteiger partial charge < -0.3 is 14.6 Å². The Kier molecular flexibility index (Phi) is 5.07. The topological polar surface area (TPSA) is 48.7 Å². The van der Waals surface area contributed by atoms with Crippen molar-refractivity contribution in [3.8, 4) is 0 Å². The van der Waals surface area contributed by atoms with Gasteiger partial charge in [0.2, 0.25) is 5.91 Å². The fourth-order valence-electron chi connectivity index (χ4n) is 3.36. The van der Waals surface area contributed by atoms with Crippen LogP contribution in [0.3, 0.4) is 0 Å². The molecule has 2 aliphatic rings. The molecule has 1 amide bonds. The van der Waals surface area contributed by atoms with Crippen molar-refractivity contribution in [1.29, 1.82) is 0 Å². The number of nitrogens with one attached hydrogen (secondary N) is 1. The standard InChI is InChI=1S/C21H25N3O2/c25-21(9-8-20-5-2-14-26-20)22-18-3-1-4-19(15-18)24-12-10-23(11-13-24)16-17-6-7-17/h1-5,8-9,14-15,17H,6-7,10-13,16H2,(H,22,25). The van der Waals surface area contributed by atoms with Gasteiger partial charge in [-0.25, -0.2) is 0 Å². The summed E-state index contributed by atoms with van der Waals surface area (Å²) in [6.45, 7) is 5.61. The van der Waals surface area contributed by atoms with E-state index in [1.54, 1.807) is 18.4 Å². The monoisotopic (exact) mass is 351 g/mol. The number of piperazine rings is 1. The van der Waals surface area contributed by atoms with Gasteiger partial charge in [-0.2, -0.15) is 0 Å². The fraction of sp³-hybridized carbons (Fsp3) is 0.381. The summed E-state index contributed by atoms with van der Waals surface area (Å²) in [4.78, 5) is 17.1. The van der Waals surface area contributed by atoms with Crippen LogP contribution in [0.2, 0.25) is 0 Å². The summed E-state index contributed by atoms with van der Waals surface area (Å²) in [7, 11) is 0. The summed E-state index contributed by atoms with van der Waals surface area (Å²) in [5.41, 5.74) is 1.99. The first-order valence-electron chi connectivity index (χ1n) is 9.36. The van der Waals surface area contributed by atoms with Gasteiger partial charge in [-0.15, -0.1) is 0 Å². The summed E-state index contributed by atoms with van der Waals surface area (Å²) < 4.78 is 5.19. The number of carbonyl (C=O) groups excluding carboxylic acids is 1. The molecule has 0 bridgehead atoms. The maximum absolute atomic E-state index is 12.1. The minimum Gasteiger partial charge on any atom is -0.465 e. The van der Waals surface area contributed by atoms with Gasteiger partial charge in [0.05, 0.1) is 6.26 Å². The fourth-order valence-corrected chi connectivity index (χ4v) is 3.36. The largest absolute Gasteiger partial charge is 0.465 e. The van der Waals surface area contributed by atoms with Crippen molar-refractivity contribution in [2.75, 3.05) is 42.9 Å². The normalized spacial score (nSPS) is 18.4. The van der Waals surface area contributed by atoms with E-state index in [4.69, 9.17) is 4.42 Å². The second-order valence-electron chi connectivity index (χ2n) is 7.12. The van der Waals surface area contributed by atoms with E-state index in [1.807, 2.05) is 18.2 Å². The van der Waals surface area contributed by atoms with Crippen LogP contribution in [-0.2, 0) is 4.79 Å². The molecule has 2 heterocycles. The highest BCUT2D eigenvalue weighted by atomic mass is 16.3. The number of carbonyl (C=O) groups is 1. The maximum Gasteiger partial charge on any atom is 0.248 e. The van der Waals surface area contributed by atoms with Crippen molar-refractivity contribution in [2.24, 2.45) is 5.92 Å². The number of anilines is 2. The van der Waals surface area contributed by atoms with Crippen LogP contribution in [0.1, 0.15) is 18.6 Å². The zero-order valence-electron chi connectivity index (χ0n) is 14.9. The molecule has 136 valence electrons. The van der Waals surface area contributed by atoms with E-state index in [9.17, 15) is 4.79 Å². The Balaban J connectivity index is 1.32. The van der Waals surface area contributed by atoms with Gasteiger partial charge in [0.15, 0.2) is 0 Å². The average Bonchev–Trinajstić information content (AvgIpc) is 3.31. The molecule has 1 aromatic heterocycles. The van der Waals surface area contributed by atoms with Crippen LogP contribution in [-0.4, -0.2) is 43.5 Å². The predicted octanol–water partition coefficient (Wildman–Crippen LogP) is 3.46. The van der Waals surface area contributed by atoms with E-state index >= 15 is 0 Å².